The Hall–Kier alpha value is -1.39. The summed E-state index contributed by atoms with van der Waals surface area (Å²) in [6.45, 7) is 3.99. The highest BCUT2D eigenvalue weighted by molar-refractivity contribution is 5.91. The maximum absolute atomic E-state index is 12.1. The van der Waals surface area contributed by atoms with Gasteiger partial charge in [-0.3, -0.25) is 4.79 Å². The maximum Gasteiger partial charge on any atom is 0.227 e. The third-order valence-electron chi connectivity index (χ3n) is 4.15. The van der Waals surface area contributed by atoms with Crippen LogP contribution in [0.4, 0.5) is 5.69 Å². The molecule has 1 amide bonds. The van der Waals surface area contributed by atoms with Gasteiger partial charge in [-0.05, 0) is 49.9 Å². The Morgan fingerprint density at radius 2 is 2.19 bits per heavy atom. The summed E-state index contributed by atoms with van der Waals surface area (Å²) in [5.74, 6) is 0.0372. The summed E-state index contributed by atoms with van der Waals surface area (Å²) >= 11 is 0. The molecule has 4 heteroatoms. The Morgan fingerprint density at radius 1 is 1.38 bits per heavy atom. The van der Waals surface area contributed by atoms with Crippen LogP contribution < -0.4 is 10.6 Å². The van der Waals surface area contributed by atoms with E-state index in [1.165, 1.54) is 5.56 Å². The molecule has 0 atom stereocenters. The van der Waals surface area contributed by atoms with Gasteiger partial charge >= 0.3 is 0 Å². The van der Waals surface area contributed by atoms with Crippen LogP contribution in [0.5, 0.6) is 0 Å². The Balaban J connectivity index is 1.87. The monoisotopic (exact) mass is 290 g/mol. The van der Waals surface area contributed by atoms with Gasteiger partial charge in [-0.1, -0.05) is 19.1 Å². The smallest absolute Gasteiger partial charge is 0.227 e. The zero-order chi connectivity index (χ0) is 15.1. The van der Waals surface area contributed by atoms with Crippen molar-refractivity contribution in [3.8, 4) is 0 Å². The fraction of sp³-hybridized carbons (Fsp3) is 0.588. The minimum atomic E-state index is -0.218. The highest BCUT2D eigenvalue weighted by atomic mass is 16.5. The molecule has 0 radical (unpaired) electrons. The number of benzene rings is 1. The van der Waals surface area contributed by atoms with Crippen molar-refractivity contribution in [1.82, 2.24) is 5.32 Å². The van der Waals surface area contributed by atoms with Crippen LogP contribution in [0.1, 0.15) is 44.6 Å². The van der Waals surface area contributed by atoms with Crippen LogP contribution >= 0.6 is 0 Å². The second-order valence-electron chi connectivity index (χ2n) is 5.84. The van der Waals surface area contributed by atoms with Crippen molar-refractivity contribution in [3.05, 3.63) is 29.8 Å². The molecule has 4 nitrogen and oxygen atoms in total. The molecule has 0 saturated heterocycles. The second kappa shape index (κ2) is 7.57. The molecule has 0 spiro atoms. The number of hydrogen-bond acceptors (Lipinski definition) is 3. The number of amides is 1. The average molecular weight is 290 g/mol. The summed E-state index contributed by atoms with van der Waals surface area (Å²) < 4.78 is 5.50. The Kier molecular flexibility index (Phi) is 5.76. The van der Waals surface area contributed by atoms with Crippen molar-refractivity contribution in [2.75, 3.05) is 19.0 Å². The van der Waals surface area contributed by atoms with E-state index in [4.69, 9.17) is 4.74 Å². The van der Waals surface area contributed by atoms with Crippen molar-refractivity contribution < 1.29 is 9.53 Å². The van der Waals surface area contributed by atoms with Gasteiger partial charge < -0.3 is 15.4 Å². The van der Waals surface area contributed by atoms with Crippen molar-refractivity contribution >= 4 is 11.6 Å². The van der Waals surface area contributed by atoms with E-state index in [1.54, 1.807) is 7.11 Å². The highest BCUT2D eigenvalue weighted by Crippen LogP contribution is 2.38. The van der Waals surface area contributed by atoms with Crippen molar-refractivity contribution in [1.29, 1.82) is 0 Å². The van der Waals surface area contributed by atoms with Gasteiger partial charge in [-0.25, -0.2) is 0 Å². The minimum Gasteiger partial charge on any atom is -0.378 e. The fourth-order valence-corrected chi connectivity index (χ4v) is 2.69. The Labute approximate surface area is 127 Å². The number of carbonyl (C=O) groups excluding carboxylic acids is 1. The van der Waals surface area contributed by atoms with Crippen LogP contribution in [0.3, 0.4) is 0 Å². The predicted molar refractivity (Wildman–Crippen MR) is 85.3 cm³/mol. The van der Waals surface area contributed by atoms with E-state index in [9.17, 15) is 4.79 Å². The van der Waals surface area contributed by atoms with Crippen LogP contribution in [-0.4, -0.2) is 25.2 Å². The summed E-state index contributed by atoms with van der Waals surface area (Å²) in [7, 11) is 1.70. The molecule has 1 aromatic rings. The summed E-state index contributed by atoms with van der Waals surface area (Å²) in [4.78, 5) is 12.1. The predicted octanol–water partition coefficient (Wildman–Crippen LogP) is 3.08. The lowest BCUT2D eigenvalue weighted by Crippen LogP contribution is -2.42. The van der Waals surface area contributed by atoms with Gasteiger partial charge in [0, 0.05) is 19.3 Å². The number of hydrogen-bond donors (Lipinski definition) is 2. The lowest BCUT2D eigenvalue weighted by molar-refractivity contribution is -0.129. The topological polar surface area (TPSA) is 50.4 Å². The molecule has 1 aliphatic rings. The molecule has 1 fully saturated rings. The molecule has 2 N–H and O–H groups in total. The van der Waals surface area contributed by atoms with Crippen LogP contribution in [0.25, 0.3) is 0 Å². The zero-order valence-electron chi connectivity index (χ0n) is 13.1. The van der Waals surface area contributed by atoms with E-state index >= 15 is 0 Å². The molecule has 0 unspecified atom stereocenters. The zero-order valence-corrected chi connectivity index (χ0v) is 13.1. The Morgan fingerprint density at radius 3 is 2.81 bits per heavy atom. The molecule has 2 rings (SSSR count). The number of carbonyl (C=O) groups is 1. The number of methoxy groups -OCH3 is 1. The van der Waals surface area contributed by atoms with E-state index in [2.05, 4.69) is 23.6 Å². The normalized spacial score (nSPS) is 16.3. The van der Waals surface area contributed by atoms with E-state index in [1.807, 2.05) is 18.2 Å². The van der Waals surface area contributed by atoms with Crippen molar-refractivity contribution in [2.24, 2.45) is 0 Å². The molecule has 0 aliphatic heterocycles. The van der Waals surface area contributed by atoms with E-state index in [-0.39, 0.29) is 11.5 Å². The summed E-state index contributed by atoms with van der Waals surface area (Å²) in [5.41, 5.74) is 1.83. The highest BCUT2D eigenvalue weighted by Gasteiger charge is 2.38. The lowest BCUT2D eigenvalue weighted by atomic mass is 9.77. The molecule has 0 heterocycles. The van der Waals surface area contributed by atoms with Crippen LogP contribution in [0.2, 0.25) is 0 Å². The van der Waals surface area contributed by atoms with Gasteiger partial charge in [0.1, 0.15) is 0 Å². The van der Waals surface area contributed by atoms with Crippen LogP contribution in [-0.2, 0) is 16.1 Å². The molecule has 1 saturated carbocycles. The largest absolute Gasteiger partial charge is 0.378 e. The summed E-state index contributed by atoms with van der Waals surface area (Å²) in [6, 6.07) is 8.01. The first-order chi connectivity index (χ1) is 10.2. The molecule has 21 heavy (non-hydrogen) atoms. The van der Waals surface area contributed by atoms with E-state index < -0.39 is 0 Å². The Bertz CT molecular complexity index is 464. The van der Waals surface area contributed by atoms with Gasteiger partial charge in [0.05, 0.1) is 12.0 Å². The van der Waals surface area contributed by atoms with E-state index in [0.29, 0.717) is 6.42 Å². The molecule has 0 bridgehead atoms. The first-order valence-corrected chi connectivity index (χ1v) is 7.82. The van der Waals surface area contributed by atoms with Gasteiger partial charge in [0.15, 0.2) is 0 Å². The first kappa shape index (κ1) is 16.0. The molecule has 1 aromatic carbocycles. The van der Waals surface area contributed by atoms with Gasteiger partial charge in [-0.2, -0.15) is 0 Å². The maximum atomic E-state index is 12.1. The van der Waals surface area contributed by atoms with Crippen molar-refractivity contribution in [2.45, 2.75) is 51.2 Å². The molecular weight excluding hydrogens is 264 g/mol. The molecule has 0 aromatic heterocycles. The van der Waals surface area contributed by atoms with Gasteiger partial charge in [0.25, 0.3) is 0 Å². The lowest BCUT2D eigenvalue weighted by Gasteiger charge is -2.39. The quantitative estimate of drug-likeness (QED) is 0.723. The average Bonchev–Trinajstić information content (AvgIpc) is 2.44. The molecular formula is C17H26N2O2. The number of ether oxygens (including phenoxy) is 1. The standard InChI is InChI=1S/C17H26N2O2/c1-3-10-18-13-14-6-4-7-15(11-14)19-16(20)12-17(21-2)8-5-9-17/h4,6-7,11,18H,3,5,8-10,12-13H2,1-2H3,(H,19,20). The third-order valence-corrected chi connectivity index (χ3v) is 4.15. The van der Waals surface area contributed by atoms with Gasteiger partial charge in [0.2, 0.25) is 5.91 Å². The number of anilines is 1. The number of nitrogens with one attached hydrogen (secondary N) is 2. The van der Waals surface area contributed by atoms with E-state index in [0.717, 1.165) is 44.5 Å². The van der Waals surface area contributed by atoms with Gasteiger partial charge in [-0.15, -0.1) is 0 Å². The SMILES string of the molecule is CCCNCc1cccc(NC(=O)CC2(OC)CCC2)c1. The second-order valence-corrected chi connectivity index (χ2v) is 5.84. The molecule has 1 aliphatic carbocycles. The number of rotatable bonds is 8. The minimum absolute atomic E-state index is 0.0372. The molecule has 116 valence electrons. The third kappa shape index (κ3) is 4.55. The first-order valence-electron chi connectivity index (χ1n) is 7.82. The van der Waals surface area contributed by atoms with Crippen LogP contribution in [0, 0.1) is 0 Å². The van der Waals surface area contributed by atoms with Crippen LogP contribution in [0.15, 0.2) is 24.3 Å². The summed E-state index contributed by atoms with van der Waals surface area (Å²) in [6.07, 6.45) is 4.69. The summed E-state index contributed by atoms with van der Waals surface area (Å²) in [5, 5.41) is 6.35. The fourth-order valence-electron chi connectivity index (χ4n) is 2.69. The van der Waals surface area contributed by atoms with Crippen molar-refractivity contribution in [3.63, 3.8) is 0 Å².